The van der Waals surface area contributed by atoms with Crippen LogP contribution in [-0.4, -0.2) is 37.2 Å². The summed E-state index contributed by atoms with van der Waals surface area (Å²) in [6.07, 6.45) is 57.3. The quantitative estimate of drug-likeness (QED) is 0.0262. The van der Waals surface area contributed by atoms with Crippen LogP contribution in [0.4, 0.5) is 0 Å². The molecular formula is C55H102O6. The fourth-order valence-corrected chi connectivity index (χ4v) is 7.89. The Morgan fingerprint density at radius 3 is 0.934 bits per heavy atom. The molecule has 0 aromatic heterocycles. The van der Waals surface area contributed by atoms with E-state index < -0.39 is 6.10 Å². The van der Waals surface area contributed by atoms with Gasteiger partial charge in [0.2, 0.25) is 0 Å². The van der Waals surface area contributed by atoms with Gasteiger partial charge in [-0.3, -0.25) is 14.4 Å². The van der Waals surface area contributed by atoms with E-state index in [1.54, 1.807) is 0 Å². The third kappa shape index (κ3) is 48.8. The van der Waals surface area contributed by atoms with E-state index in [1.807, 2.05) is 0 Å². The van der Waals surface area contributed by atoms with Crippen molar-refractivity contribution in [1.82, 2.24) is 0 Å². The molecule has 0 saturated heterocycles. The van der Waals surface area contributed by atoms with E-state index in [4.69, 9.17) is 14.2 Å². The van der Waals surface area contributed by atoms with Crippen molar-refractivity contribution in [2.24, 2.45) is 0 Å². The maximum atomic E-state index is 12.8. The van der Waals surface area contributed by atoms with Gasteiger partial charge >= 0.3 is 17.9 Å². The van der Waals surface area contributed by atoms with E-state index >= 15 is 0 Å². The van der Waals surface area contributed by atoms with E-state index in [-0.39, 0.29) is 31.1 Å². The molecule has 61 heavy (non-hydrogen) atoms. The molecule has 0 aromatic carbocycles. The van der Waals surface area contributed by atoms with Gasteiger partial charge in [0.15, 0.2) is 6.10 Å². The van der Waals surface area contributed by atoms with Crippen LogP contribution in [0, 0.1) is 0 Å². The summed E-state index contributed by atoms with van der Waals surface area (Å²) in [7, 11) is 0. The lowest BCUT2D eigenvalue weighted by Gasteiger charge is -2.18. The lowest BCUT2D eigenvalue weighted by molar-refractivity contribution is -0.167. The largest absolute Gasteiger partial charge is 0.462 e. The fourth-order valence-electron chi connectivity index (χ4n) is 7.89. The highest BCUT2D eigenvalue weighted by Gasteiger charge is 2.19. The molecule has 0 fully saturated rings. The fraction of sp³-hybridized carbons (Fsp3) is 0.873. The standard InChI is InChI=1S/C55H102O6/c1-4-7-10-13-16-19-22-24-26-27-29-30-33-36-39-42-45-48-54(57)60-51-52(50-59-53(56)47-44-41-38-35-32-21-18-15-12-9-6-3)61-55(58)49-46-43-40-37-34-31-28-25-23-20-17-14-11-8-5-2/h16,19,24,26,52H,4-15,17-18,20-23,25,27-51H2,1-3H3/b19-16-,26-24-. The molecule has 0 aliphatic rings. The number of carbonyl (C=O) groups excluding carboxylic acids is 3. The van der Waals surface area contributed by atoms with E-state index in [0.29, 0.717) is 19.3 Å². The molecule has 1 atom stereocenters. The first kappa shape index (κ1) is 58.9. The molecular weight excluding hydrogens is 757 g/mol. The Balaban J connectivity index is 4.32. The third-order valence-electron chi connectivity index (χ3n) is 12.0. The molecule has 0 amide bonds. The first-order valence-electron chi connectivity index (χ1n) is 26.8. The SMILES string of the molecule is CCCCC/C=C\C/C=C\CCCCCCCCCC(=O)OCC(COC(=O)CCCCCCCCCCCCC)OC(=O)CCCCCCCCCCCCCCCCC. The van der Waals surface area contributed by atoms with Crippen molar-refractivity contribution in [3.05, 3.63) is 24.3 Å². The number of unbranched alkanes of at least 4 members (excludes halogenated alkanes) is 34. The second-order valence-corrected chi connectivity index (χ2v) is 18.2. The smallest absolute Gasteiger partial charge is 0.306 e. The lowest BCUT2D eigenvalue weighted by Crippen LogP contribution is -2.30. The molecule has 6 heteroatoms. The summed E-state index contributed by atoms with van der Waals surface area (Å²) in [5, 5.41) is 0. The van der Waals surface area contributed by atoms with Crippen LogP contribution in [-0.2, 0) is 28.6 Å². The van der Waals surface area contributed by atoms with E-state index in [0.717, 1.165) is 70.6 Å². The maximum absolute atomic E-state index is 12.8. The van der Waals surface area contributed by atoms with E-state index in [9.17, 15) is 14.4 Å². The first-order chi connectivity index (χ1) is 30.0. The van der Waals surface area contributed by atoms with Gasteiger partial charge < -0.3 is 14.2 Å². The van der Waals surface area contributed by atoms with Crippen molar-refractivity contribution < 1.29 is 28.6 Å². The zero-order valence-corrected chi connectivity index (χ0v) is 40.9. The minimum Gasteiger partial charge on any atom is -0.462 e. The first-order valence-corrected chi connectivity index (χ1v) is 26.8. The molecule has 358 valence electrons. The Bertz CT molecular complexity index is 989. The van der Waals surface area contributed by atoms with Crippen LogP contribution in [0.5, 0.6) is 0 Å². The van der Waals surface area contributed by atoms with Crippen LogP contribution in [0.3, 0.4) is 0 Å². The van der Waals surface area contributed by atoms with Gasteiger partial charge in [-0.1, -0.05) is 244 Å². The van der Waals surface area contributed by atoms with Crippen molar-refractivity contribution in [3.8, 4) is 0 Å². The van der Waals surface area contributed by atoms with Crippen molar-refractivity contribution in [1.29, 1.82) is 0 Å². The summed E-state index contributed by atoms with van der Waals surface area (Å²) in [5.74, 6) is -0.861. The average Bonchev–Trinajstić information content (AvgIpc) is 3.26. The minimum atomic E-state index is -0.768. The number of hydrogen-bond acceptors (Lipinski definition) is 6. The number of ether oxygens (including phenoxy) is 3. The van der Waals surface area contributed by atoms with Crippen molar-refractivity contribution >= 4 is 17.9 Å². The Hall–Kier alpha value is -2.11. The monoisotopic (exact) mass is 859 g/mol. The Morgan fingerprint density at radius 2 is 0.590 bits per heavy atom. The predicted molar refractivity (Wildman–Crippen MR) is 261 cm³/mol. The predicted octanol–water partition coefficient (Wildman–Crippen LogP) is 17.5. The molecule has 0 aromatic rings. The Labute approximate surface area is 379 Å². The molecule has 0 rings (SSSR count). The van der Waals surface area contributed by atoms with Gasteiger partial charge in [-0.15, -0.1) is 0 Å². The summed E-state index contributed by atoms with van der Waals surface area (Å²) < 4.78 is 16.8. The van der Waals surface area contributed by atoms with Crippen molar-refractivity contribution in [2.45, 2.75) is 297 Å². The summed E-state index contributed by atoms with van der Waals surface area (Å²) in [6.45, 7) is 6.63. The molecule has 0 aliphatic heterocycles. The summed E-state index contributed by atoms with van der Waals surface area (Å²) >= 11 is 0. The van der Waals surface area contributed by atoms with E-state index in [2.05, 4.69) is 45.1 Å². The molecule has 0 heterocycles. The normalized spacial score (nSPS) is 12.1. The van der Waals surface area contributed by atoms with Crippen molar-refractivity contribution in [3.63, 3.8) is 0 Å². The summed E-state index contributed by atoms with van der Waals surface area (Å²) in [6, 6.07) is 0. The van der Waals surface area contributed by atoms with Gasteiger partial charge in [0.1, 0.15) is 13.2 Å². The average molecular weight is 859 g/mol. The number of allylic oxidation sites excluding steroid dienone is 4. The zero-order valence-electron chi connectivity index (χ0n) is 40.9. The molecule has 1 unspecified atom stereocenters. The van der Waals surface area contributed by atoms with Crippen molar-refractivity contribution in [2.75, 3.05) is 13.2 Å². The maximum Gasteiger partial charge on any atom is 0.306 e. The molecule has 0 radical (unpaired) electrons. The molecule has 0 spiro atoms. The highest BCUT2D eigenvalue weighted by Crippen LogP contribution is 2.16. The second kappa shape index (κ2) is 50.5. The highest BCUT2D eigenvalue weighted by atomic mass is 16.6. The number of carbonyl (C=O) groups is 3. The molecule has 6 nitrogen and oxygen atoms in total. The van der Waals surface area contributed by atoms with Crippen LogP contribution in [0.15, 0.2) is 24.3 Å². The van der Waals surface area contributed by atoms with Crippen LogP contribution in [0.1, 0.15) is 290 Å². The van der Waals surface area contributed by atoms with Gasteiger partial charge in [-0.2, -0.15) is 0 Å². The van der Waals surface area contributed by atoms with Gasteiger partial charge in [-0.25, -0.2) is 0 Å². The number of hydrogen-bond donors (Lipinski definition) is 0. The third-order valence-corrected chi connectivity index (χ3v) is 12.0. The topological polar surface area (TPSA) is 78.9 Å². The Morgan fingerprint density at radius 1 is 0.328 bits per heavy atom. The molecule has 0 bridgehead atoms. The van der Waals surface area contributed by atoms with E-state index in [1.165, 1.54) is 180 Å². The van der Waals surface area contributed by atoms with Crippen LogP contribution in [0.2, 0.25) is 0 Å². The van der Waals surface area contributed by atoms with Gasteiger partial charge in [0, 0.05) is 19.3 Å². The van der Waals surface area contributed by atoms with Crippen LogP contribution >= 0.6 is 0 Å². The zero-order chi connectivity index (χ0) is 44.4. The minimum absolute atomic E-state index is 0.0687. The molecule has 0 aliphatic carbocycles. The Kier molecular flexibility index (Phi) is 48.8. The van der Waals surface area contributed by atoms with Crippen LogP contribution < -0.4 is 0 Å². The van der Waals surface area contributed by atoms with Gasteiger partial charge in [0.25, 0.3) is 0 Å². The second-order valence-electron chi connectivity index (χ2n) is 18.2. The highest BCUT2D eigenvalue weighted by molar-refractivity contribution is 5.71. The molecule has 0 saturated carbocycles. The summed E-state index contributed by atoms with van der Waals surface area (Å²) in [5.41, 5.74) is 0. The lowest BCUT2D eigenvalue weighted by atomic mass is 10.0. The summed E-state index contributed by atoms with van der Waals surface area (Å²) in [4.78, 5) is 38.0. The van der Waals surface area contributed by atoms with Gasteiger partial charge in [-0.05, 0) is 51.4 Å². The molecule has 0 N–H and O–H groups in total. The number of rotatable bonds is 49. The number of esters is 3. The van der Waals surface area contributed by atoms with Crippen LogP contribution in [0.25, 0.3) is 0 Å². The van der Waals surface area contributed by atoms with Gasteiger partial charge in [0.05, 0.1) is 0 Å².